The molecule has 2 N–H and O–H groups in total. The van der Waals surface area contributed by atoms with Crippen molar-refractivity contribution in [2.75, 3.05) is 0 Å². The van der Waals surface area contributed by atoms with E-state index in [1.807, 2.05) is 5.32 Å². The van der Waals surface area contributed by atoms with Gasteiger partial charge in [0.2, 0.25) is 0 Å². The predicted molar refractivity (Wildman–Crippen MR) is 73.3 cm³/mol. The van der Waals surface area contributed by atoms with E-state index < -0.39 is 29.8 Å². The highest BCUT2D eigenvalue weighted by atomic mass is 32.1. The van der Waals surface area contributed by atoms with Gasteiger partial charge >= 0.3 is 12.1 Å². The fourth-order valence-corrected chi connectivity index (χ4v) is 2.65. The molecule has 0 radical (unpaired) electrons. The number of nitrogens with one attached hydrogen (secondary N) is 1. The van der Waals surface area contributed by atoms with Crippen LogP contribution >= 0.6 is 11.3 Å². The number of carbonyl (C=O) groups is 2. The number of aryl methyl sites for hydroxylation is 2. The molecule has 2 heterocycles. The molecular formula is C12H11F3N4O3S. The summed E-state index contributed by atoms with van der Waals surface area (Å²) in [6.07, 6.45) is -4.74. The van der Waals surface area contributed by atoms with Crippen LogP contribution in [0.5, 0.6) is 0 Å². The second-order valence-corrected chi connectivity index (χ2v) is 5.51. The van der Waals surface area contributed by atoms with Gasteiger partial charge in [-0.1, -0.05) is 0 Å². The number of carboxylic acid groups (broad SMARTS) is 1. The number of carbonyl (C=O) groups excluding carboxylic acids is 1. The van der Waals surface area contributed by atoms with Crippen LogP contribution in [0.15, 0.2) is 11.4 Å². The average Bonchev–Trinajstić information content (AvgIpc) is 3.00. The summed E-state index contributed by atoms with van der Waals surface area (Å²) in [7, 11) is 1.26. The lowest BCUT2D eigenvalue weighted by molar-refractivity contribution is -0.155. The zero-order chi connectivity index (χ0) is 17.4. The summed E-state index contributed by atoms with van der Waals surface area (Å²) in [5.74, 6) is -2.48. The van der Waals surface area contributed by atoms with E-state index in [9.17, 15) is 22.8 Å². The Hall–Kier alpha value is -2.43. The normalized spacial score (nSPS) is 12.9. The molecule has 2 aromatic rings. The number of halogens is 3. The lowest BCUT2D eigenvalue weighted by Crippen LogP contribution is -2.38. The highest BCUT2D eigenvalue weighted by Crippen LogP contribution is 2.34. The number of thiazole rings is 1. The third kappa shape index (κ3) is 3.67. The molecule has 124 valence electrons. The standard InChI is InChI=1S/C12H11F3N4O3S/c1-5-4-23-10(16-5)8(12(13,14)15)17-9(20)7-3-6(11(21)22)18-19(7)2/h3-4,8H,1-2H3,(H,17,20)(H,21,22). The molecule has 7 nitrogen and oxygen atoms in total. The molecule has 0 spiro atoms. The smallest absolute Gasteiger partial charge is 0.415 e. The Bertz CT molecular complexity index is 753. The van der Waals surface area contributed by atoms with E-state index in [0.717, 1.165) is 22.1 Å². The SMILES string of the molecule is Cc1csc(C(NC(=O)c2cc(C(=O)O)nn2C)C(F)(F)F)n1. The van der Waals surface area contributed by atoms with Crippen LogP contribution in [0.2, 0.25) is 0 Å². The Morgan fingerprint density at radius 1 is 1.43 bits per heavy atom. The van der Waals surface area contributed by atoms with Gasteiger partial charge in [0.1, 0.15) is 10.7 Å². The third-order valence-corrected chi connectivity index (χ3v) is 3.85. The summed E-state index contributed by atoms with van der Waals surface area (Å²) in [6.45, 7) is 1.54. The first-order valence-corrected chi connectivity index (χ1v) is 7.04. The molecule has 0 aromatic carbocycles. The maximum Gasteiger partial charge on any atom is 0.415 e. The molecule has 1 unspecified atom stereocenters. The van der Waals surface area contributed by atoms with E-state index in [2.05, 4.69) is 10.1 Å². The molecule has 0 saturated carbocycles. The summed E-state index contributed by atoms with van der Waals surface area (Å²) in [6, 6.07) is -1.38. The summed E-state index contributed by atoms with van der Waals surface area (Å²) in [5.41, 5.74) is -0.335. The quantitative estimate of drug-likeness (QED) is 0.880. The van der Waals surface area contributed by atoms with Crippen molar-refractivity contribution in [1.82, 2.24) is 20.1 Å². The van der Waals surface area contributed by atoms with Crippen LogP contribution in [0.1, 0.15) is 37.7 Å². The molecule has 2 rings (SSSR count). The first-order chi connectivity index (χ1) is 10.6. The molecule has 2 aromatic heterocycles. The predicted octanol–water partition coefficient (Wildman–Crippen LogP) is 1.92. The molecule has 0 aliphatic carbocycles. The van der Waals surface area contributed by atoms with Gasteiger partial charge in [-0.15, -0.1) is 11.3 Å². The number of carboxylic acids is 1. The van der Waals surface area contributed by atoms with Gasteiger partial charge in [0.25, 0.3) is 5.91 Å². The minimum Gasteiger partial charge on any atom is -0.476 e. The highest BCUT2D eigenvalue weighted by molar-refractivity contribution is 7.09. The van der Waals surface area contributed by atoms with Gasteiger partial charge in [-0.3, -0.25) is 9.48 Å². The van der Waals surface area contributed by atoms with Gasteiger partial charge in [-0.2, -0.15) is 18.3 Å². The molecule has 0 saturated heterocycles. The summed E-state index contributed by atoms with van der Waals surface area (Å²) in [5, 5.41) is 15.3. The van der Waals surface area contributed by atoms with Crippen LogP contribution in [0.4, 0.5) is 13.2 Å². The van der Waals surface area contributed by atoms with Crippen LogP contribution in [0, 0.1) is 6.92 Å². The summed E-state index contributed by atoms with van der Waals surface area (Å²) in [4.78, 5) is 26.6. The molecule has 0 fully saturated rings. The number of amides is 1. The van der Waals surface area contributed by atoms with Crippen molar-refractivity contribution in [3.8, 4) is 0 Å². The monoisotopic (exact) mass is 348 g/mol. The number of rotatable bonds is 4. The Balaban J connectivity index is 2.30. The minimum atomic E-state index is -4.74. The molecule has 0 aliphatic rings. The molecule has 1 amide bonds. The van der Waals surface area contributed by atoms with Gasteiger partial charge in [0.15, 0.2) is 11.7 Å². The molecule has 0 aliphatic heterocycles. The van der Waals surface area contributed by atoms with E-state index in [0.29, 0.717) is 5.69 Å². The van der Waals surface area contributed by atoms with Crippen molar-refractivity contribution in [1.29, 1.82) is 0 Å². The van der Waals surface area contributed by atoms with Gasteiger partial charge in [0, 0.05) is 24.2 Å². The van der Waals surface area contributed by atoms with Crippen LogP contribution in [-0.4, -0.2) is 37.9 Å². The molecular weight excluding hydrogens is 337 g/mol. The van der Waals surface area contributed by atoms with Crippen LogP contribution < -0.4 is 5.32 Å². The first kappa shape index (κ1) is 16.9. The van der Waals surface area contributed by atoms with Crippen molar-refractivity contribution < 1.29 is 27.9 Å². The maximum atomic E-state index is 13.2. The minimum absolute atomic E-state index is 0.301. The van der Waals surface area contributed by atoms with Crippen LogP contribution in [0.25, 0.3) is 0 Å². The van der Waals surface area contributed by atoms with Crippen molar-refractivity contribution in [3.05, 3.63) is 33.5 Å². The number of aromatic carboxylic acids is 1. The van der Waals surface area contributed by atoms with Crippen molar-refractivity contribution in [3.63, 3.8) is 0 Å². The maximum absolute atomic E-state index is 13.2. The summed E-state index contributed by atoms with van der Waals surface area (Å²) >= 11 is 0.774. The zero-order valence-electron chi connectivity index (χ0n) is 11.9. The fraction of sp³-hybridized carbons (Fsp3) is 0.333. The number of nitrogens with zero attached hydrogens (tertiary/aromatic N) is 3. The second kappa shape index (κ2) is 5.99. The lowest BCUT2D eigenvalue weighted by Gasteiger charge is -2.19. The molecule has 11 heteroatoms. The number of aromatic nitrogens is 3. The van der Waals surface area contributed by atoms with Gasteiger partial charge in [-0.25, -0.2) is 9.78 Å². The molecule has 23 heavy (non-hydrogen) atoms. The number of hydrogen-bond acceptors (Lipinski definition) is 5. The fourth-order valence-electron chi connectivity index (χ4n) is 1.78. The topological polar surface area (TPSA) is 97.1 Å². The van der Waals surface area contributed by atoms with Crippen molar-refractivity contribution in [2.24, 2.45) is 7.05 Å². The van der Waals surface area contributed by atoms with E-state index in [-0.39, 0.29) is 10.7 Å². The Morgan fingerprint density at radius 3 is 2.52 bits per heavy atom. The number of hydrogen-bond donors (Lipinski definition) is 2. The Morgan fingerprint density at radius 2 is 2.09 bits per heavy atom. The van der Waals surface area contributed by atoms with Crippen LogP contribution in [-0.2, 0) is 7.05 Å². The van der Waals surface area contributed by atoms with Crippen molar-refractivity contribution in [2.45, 2.75) is 19.1 Å². The Kier molecular flexibility index (Phi) is 4.41. The third-order valence-electron chi connectivity index (χ3n) is 2.82. The van der Waals surface area contributed by atoms with E-state index in [1.54, 1.807) is 0 Å². The molecule has 1 atom stereocenters. The van der Waals surface area contributed by atoms with E-state index >= 15 is 0 Å². The van der Waals surface area contributed by atoms with E-state index in [4.69, 9.17) is 5.11 Å². The average molecular weight is 348 g/mol. The Labute approximate surface area is 131 Å². The second-order valence-electron chi connectivity index (χ2n) is 4.62. The van der Waals surface area contributed by atoms with Gasteiger partial charge in [-0.05, 0) is 6.92 Å². The first-order valence-electron chi connectivity index (χ1n) is 6.16. The van der Waals surface area contributed by atoms with Crippen molar-refractivity contribution >= 4 is 23.2 Å². The van der Waals surface area contributed by atoms with Crippen LogP contribution in [0.3, 0.4) is 0 Å². The van der Waals surface area contributed by atoms with E-state index in [1.165, 1.54) is 19.4 Å². The van der Waals surface area contributed by atoms with Gasteiger partial charge in [0.05, 0.1) is 0 Å². The molecule has 0 bridgehead atoms. The number of alkyl halides is 3. The lowest BCUT2D eigenvalue weighted by atomic mass is 10.2. The zero-order valence-corrected chi connectivity index (χ0v) is 12.7. The largest absolute Gasteiger partial charge is 0.476 e. The highest BCUT2D eigenvalue weighted by Gasteiger charge is 2.44. The van der Waals surface area contributed by atoms with Gasteiger partial charge < -0.3 is 10.4 Å². The summed E-state index contributed by atoms with van der Waals surface area (Å²) < 4.78 is 40.4.